The Bertz CT molecular complexity index is 476. The SMILES string of the molecule is Br.C[C@H]1[C@@H]2Cc3ccc(O)cc3[C@]1(C)CCCN2C. The Morgan fingerprint density at radius 2 is 2.11 bits per heavy atom. The lowest BCUT2D eigenvalue weighted by Gasteiger charge is -2.46. The van der Waals surface area contributed by atoms with E-state index in [1.165, 1.54) is 30.5 Å². The van der Waals surface area contributed by atoms with Crippen LogP contribution in [0.5, 0.6) is 5.75 Å². The molecular weight excluding hydrogens is 302 g/mol. The van der Waals surface area contributed by atoms with Crippen LogP contribution < -0.4 is 0 Å². The van der Waals surface area contributed by atoms with Crippen LogP contribution in [0.4, 0.5) is 0 Å². The fraction of sp³-hybridized carbons (Fsp3) is 0.625. The second kappa shape index (κ2) is 5.10. The molecule has 1 aromatic rings. The quantitative estimate of drug-likeness (QED) is 0.789. The highest BCUT2D eigenvalue weighted by Gasteiger charge is 2.45. The van der Waals surface area contributed by atoms with E-state index in [-0.39, 0.29) is 22.4 Å². The summed E-state index contributed by atoms with van der Waals surface area (Å²) in [6.45, 7) is 5.98. The van der Waals surface area contributed by atoms with Crippen LogP contribution >= 0.6 is 17.0 Å². The zero-order valence-corrected chi connectivity index (χ0v) is 13.7. The highest BCUT2D eigenvalue weighted by atomic mass is 79.9. The fourth-order valence-corrected chi connectivity index (χ4v) is 4.11. The number of hydrogen-bond donors (Lipinski definition) is 1. The molecule has 1 saturated heterocycles. The first-order chi connectivity index (χ1) is 8.52. The number of likely N-dealkylation sites (tertiary alicyclic amines) is 1. The minimum absolute atomic E-state index is 0. The van der Waals surface area contributed by atoms with Crippen molar-refractivity contribution in [2.75, 3.05) is 13.6 Å². The van der Waals surface area contributed by atoms with Crippen LogP contribution in [0.25, 0.3) is 0 Å². The van der Waals surface area contributed by atoms with Crippen molar-refractivity contribution < 1.29 is 5.11 Å². The molecule has 1 fully saturated rings. The third-order valence-electron chi connectivity index (χ3n) is 5.49. The Hall–Kier alpha value is -0.540. The van der Waals surface area contributed by atoms with Gasteiger partial charge in [-0.1, -0.05) is 19.9 Å². The minimum atomic E-state index is 0. The van der Waals surface area contributed by atoms with Crippen LogP contribution in [0.2, 0.25) is 0 Å². The first-order valence-electron chi connectivity index (χ1n) is 7.05. The monoisotopic (exact) mass is 325 g/mol. The molecule has 2 bridgehead atoms. The molecule has 1 N–H and O–H groups in total. The molecule has 2 aliphatic rings. The summed E-state index contributed by atoms with van der Waals surface area (Å²) in [7, 11) is 2.26. The average molecular weight is 326 g/mol. The van der Waals surface area contributed by atoms with Gasteiger partial charge in [-0.15, -0.1) is 17.0 Å². The van der Waals surface area contributed by atoms with Gasteiger partial charge in [-0.05, 0) is 67.4 Å². The number of aromatic hydroxyl groups is 1. The van der Waals surface area contributed by atoms with Gasteiger partial charge in [-0.3, -0.25) is 0 Å². The number of rotatable bonds is 0. The van der Waals surface area contributed by atoms with E-state index in [2.05, 4.69) is 31.9 Å². The van der Waals surface area contributed by atoms with E-state index in [9.17, 15) is 5.11 Å². The van der Waals surface area contributed by atoms with Crippen LogP contribution in [0.1, 0.15) is 37.8 Å². The predicted molar refractivity (Wildman–Crippen MR) is 84.3 cm³/mol. The number of phenolic OH excluding ortho intramolecular Hbond substituents is 1. The minimum Gasteiger partial charge on any atom is -0.508 e. The summed E-state index contributed by atoms with van der Waals surface area (Å²) in [6.07, 6.45) is 3.61. The van der Waals surface area contributed by atoms with Crippen molar-refractivity contribution in [3.8, 4) is 5.75 Å². The standard InChI is InChI=1S/C16H23NO.BrH/c1-11-15-9-12-5-6-13(18)10-14(12)16(11,2)7-4-8-17(15)3;/h5-6,10-11,15,18H,4,7-9H2,1-3H3;1H/t11-,15-,16+;/m0./s1. The number of likely N-dealkylation sites (N-methyl/N-ethyl adjacent to an activating group) is 1. The molecule has 1 aromatic carbocycles. The zero-order chi connectivity index (χ0) is 12.9. The van der Waals surface area contributed by atoms with E-state index in [1.807, 2.05) is 12.1 Å². The number of benzene rings is 1. The Morgan fingerprint density at radius 1 is 1.37 bits per heavy atom. The third kappa shape index (κ3) is 2.21. The molecule has 0 spiro atoms. The summed E-state index contributed by atoms with van der Waals surface area (Å²) in [6, 6.07) is 6.62. The normalized spacial score (nSPS) is 34.1. The van der Waals surface area contributed by atoms with Gasteiger partial charge < -0.3 is 10.0 Å². The number of phenols is 1. The third-order valence-corrected chi connectivity index (χ3v) is 5.49. The number of hydrogen-bond acceptors (Lipinski definition) is 2. The lowest BCUT2D eigenvalue weighted by Crippen LogP contribution is -2.48. The van der Waals surface area contributed by atoms with Gasteiger partial charge in [0, 0.05) is 6.04 Å². The van der Waals surface area contributed by atoms with Crippen molar-refractivity contribution >= 4 is 17.0 Å². The van der Waals surface area contributed by atoms with Crippen molar-refractivity contribution in [2.24, 2.45) is 5.92 Å². The van der Waals surface area contributed by atoms with Gasteiger partial charge >= 0.3 is 0 Å². The smallest absolute Gasteiger partial charge is 0.115 e. The molecule has 0 aromatic heterocycles. The van der Waals surface area contributed by atoms with Gasteiger partial charge in [0.2, 0.25) is 0 Å². The van der Waals surface area contributed by atoms with E-state index in [0.717, 1.165) is 6.42 Å². The summed E-state index contributed by atoms with van der Waals surface area (Å²) in [5.41, 5.74) is 3.05. The van der Waals surface area contributed by atoms with Crippen LogP contribution in [-0.4, -0.2) is 29.6 Å². The Labute approximate surface area is 126 Å². The Kier molecular flexibility index (Phi) is 3.99. The first kappa shape index (κ1) is 14.9. The Balaban J connectivity index is 0.00000133. The summed E-state index contributed by atoms with van der Waals surface area (Å²) < 4.78 is 0. The maximum absolute atomic E-state index is 9.80. The topological polar surface area (TPSA) is 23.5 Å². The van der Waals surface area contributed by atoms with Crippen LogP contribution in [-0.2, 0) is 11.8 Å². The highest BCUT2D eigenvalue weighted by molar-refractivity contribution is 8.93. The molecule has 106 valence electrons. The second-order valence-corrected chi connectivity index (χ2v) is 6.40. The molecule has 3 rings (SSSR count). The largest absolute Gasteiger partial charge is 0.508 e. The molecule has 1 aliphatic carbocycles. The van der Waals surface area contributed by atoms with E-state index in [4.69, 9.17) is 0 Å². The second-order valence-electron chi connectivity index (χ2n) is 6.40. The molecule has 0 unspecified atom stereocenters. The van der Waals surface area contributed by atoms with E-state index >= 15 is 0 Å². The van der Waals surface area contributed by atoms with Crippen LogP contribution in [0.15, 0.2) is 18.2 Å². The van der Waals surface area contributed by atoms with Crippen molar-refractivity contribution in [1.82, 2.24) is 4.90 Å². The van der Waals surface area contributed by atoms with Crippen LogP contribution in [0, 0.1) is 5.92 Å². The molecule has 0 amide bonds. The lowest BCUT2D eigenvalue weighted by molar-refractivity contribution is 0.143. The summed E-state index contributed by atoms with van der Waals surface area (Å²) in [5, 5.41) is 9.80. The first-order valence-corrected chi connectivity index (χ1v) is 7.05. The molecule has 19 heavy (non-hydrogen) atoms. The molecule has 0 radical (unpaired) electrons. The fourth-order valence-electron chi connectivity index (χ4n) is 4.11. The van der Waals surface area contributed by atoms with Crippen molar-refractivity contribution in [3.05, 3.63) is 29.3 Å². The van der Waals surface area contributed by atoms with E-state index in [1.54, 1.807) is 0 Å². The summed E-state index contributed by atoms with van der Waals surface area (Å²) in [4.78, 5) is 2.53. The predicted octanol–water partition coefficient (Wildman–Crippen LogP) is 3.51. The molecule has 1 aliphatic heterocycles. The van der Waals surface area contributed by atoms with Gasteiger partial charge in [-0.25, -0.2) is 0 Å². The van der Waals surface area contributed by atoms with Gasteiger partial charge in [0.25, 0.3) is 0 Å². The maximum Gasteiger partial charge on any atom is 0.115 e. The molecule has 1 heterocycles. The summed E-state index contributed by atoms with van der Waals surface area (Å²) in [5.74, 6) is 1.07. The maximum atomic E-state index is 9.80. The summed E-state index contributed by atoms with van der Waals surface area (Å²) >= 11 is 0. The van der Waals surface area contributed by atoms with E-state index < -0.39 is 0 Å². The molecule has 0 saturated carbocycles. The van der Waals surface area contributed by atoms with Crippen molar-refractivity contribution in [3.63, 3.8) is 0 Å². The van der Waals surface area contributed by atoms with Gasteiger partial charge in [0.15, 0.2) is 0 Å². The van der Waals surface area contributed by atoms with Crippen molar-refractivity contribution in [1.29, 1.82) is 0 Å². The lowest BCUT2D eigenvalue weighted by atomic mass is 9.61. The molecule has 3 atom stereocenters. The van der Waals surface area contributed by atoms with Crippen LogP contribution in [0.3, 0.4) is 0 Å². The molecule has 3 heteroatoms. The average Bonchev–Trinajstić information content (AvgIpc) is 2.41. The Morgan fingerprint density at radius 3 is 2.84 bits per heavy atom. The van der Waals surface area contributed by atoms with E-state index in [0.29, 0.717) is 17.7 Å². The highest BCUT2D eigenvalue weighted by Crippen LogP contribution is 2.48. The number of halogens is 1. The zero-order valence-electron chi connectivity index (χ0n) is 12.0. The van der Waals surface area contributed by atoms with Gasteiger partial charge in [0.1, 0.15) is 5.75 Å². The molecular formula is C16H24BrNO. The van der Waals surface area contributed by atoms with Gasteiger partial charge in [-0.2, -0.15) is 0 Å². The number of fused-ring (bicyclic) bond motifs is 4. The molecule has 2 nitrogen and oxygen atoms in total. The van der Waals surface area contributed by atoms with Crippen molar-refractivity contribution in [2.45, 2.75) is 44.6 Å². The number of nitrogens with zero attached hydrogens (tertiary/aromatic N) is 1. The van der Waals surface area contributed by atoms with Gasteiger partial charge in [0.05, 0.1) is 0 Å².